The summed E-state index contributed by atoms with van der Waals surface area (Å²) in [6.45, 7) is -1.71. The highest BCUT2D eigenvalue weighted by molar-refractivity contribution is 6.01. The number of hydrogen-bond acceptors (Lipinski definition) is 5. The van der Waals surface area contributed by atoms with E-state index in [1.807, 2.05) is 5.32 Å². The van der Waals surface area contributed by atoms with E-state index in [-0.39, 0.29) is 4.57 Å². The van der Waals surface area contributed by atoms with Crippen molar-refractivity contribution in [2.45, 2.75) is 12.7 Å². The van der Waals surface area contributed by atoms with Crippen LogP contribution in [-0.2, 0) is 6.54 Å². The first-order valence-electron chi connectivity index (χ1n) is 5.83. The molecule has 2 rings (SSSR count). The molecule has 2 aromatic heterocycles. The van der Waals surface area contributed by atoms with E-state index < -0.39 is 47.3 Å². The topological polar surface area (TPSA) is 101 Å². The van der Waals surface area contributed by atoms with Crippen LogP contribution in [0.15, 0.2) is 27.7 Å². The molecule has 2 heterocycles. The molecular formula is C12H6F4N4O3. The Balaban J connectivity index is 2.28. The number of nitrogens with zero attached hydrogens (tertiary/aromatic N) is 3. The number of nitrogens with one attached hydrogen (secondary N) is 1. The van der Waals surface area contributed by atoms with Crippen molar-refractivity contribution in [1.82, 2.24) is 9.55 Å². The standard InChI is InChI=1S/C12H6F4N4O3/c13-7-1-6(4-20(11(7)22)5-12(14,15)16)19-10(21)8-3-18-9(2-17)23-8/h1,3-4H,5H2,(H,19,21). The average molecular weight is 330 g/mol. The van der Waals surface area contributed by atoms with E-state index >= 15 is 0 Å². The normalized spacial score (nSPS) is 11.1. The predicted molar refractivity (Wildman–Crippen MR) is 65.9 cm³/mol. The molecule has 23 heavy (non-hydrogen) atoms. The molecule has 2 aromatic rings. The molecule has 1 amide bonds. The van der Waals surface area contributed by atoms with Crippen LogP contribution in [0, 0.1) is 17.1 Å². The molecule has 1 N–H and O–H groups in total. The summed E-state index contributed by atoms with van der Waals surface area (Å²) in [5, 5.41) is 10.5. The molecular weight excluding hydrogens is 324 g/mol. The first-order valence-corrected chi connectivity index (χ1v) is 5.83. The number of rotatable bonds is 3. The number of carbonyl (C=O) groups is 1. The van der Waals surface area contributed by atoms with Gasteiger partial charge in [-0.3, -0.25) is 9.59 Å². The summed E-state index contributed by atoms with van der Waals surface area (Å²) in [5.41, 5.74) is -1.88. The second kappa shape index (κ2) is 5.91. The number of hydrogen-bond donors (Lipinski definition) is 1. The average Bonchev–Trinajstić information content (AvgIpc) is 2.91. The van der Waals surface area contributed by atoms with Crippen LogP contribution >= 0.6 is 0 Å². The van der Waals surface area contributed by atoms with Crippen LogP contribution in [0.4, 0.5) is 23.2 Å². The minimum absolute atomic E-state index is 0.0754. The van der Waals surface area contributed by atoms with E-state index in [1.54, 1.807) is 0 Å². The summed E-state index contributed by atoms with van der Waals surface area (Å²) in [6.07, 6.45) is -3.19. The van der Waals surface area contributed by atoms with Crippen molar-refractivity contribution in [3.63, 3.8) is 0 Å². The number of nitriles is 1. The van der Waals surface area contributed by atoms with E-state index in [4.69, 9.17) is 9.68 Å². The highest BCUT2D eigenvalue weighted by Crippen LogP contribution is 2.18. The smallest absolute Gasteiger partial charge is 0.406 e. The monoisotopic (exact) mass is 330 g/mol. The lowest BCUT2D eigenvalue weighted by molar-refractivity contribution is -0.141. The molecule has 7 nitrogen and oxygen atoms in total. The van der Waals surface area contributed by atoms with Crippen molar-refractivity contribution < 1.29 is 26.8 Å². The van der Waals surface area contributed by atoms with Gasteiger partial charge >= 0.3 is 12.1 Å². The molecule has 0 fully saturated rings. The van der Waals surface area contributed by atoms with Gasteiger partial charge in [-0.25, -0.2) is 9.37 Å². The molecule has 0 aliphatic heterocycles. The minimum atomic E-state index is -4.74. The summed E-state index contributed by atoms with van der Waals surface area (Å²) in [5.74, 6) is -3.25. The summed E-state index contributed by atoms with van der Waals surface area (Å²) in [6, 6.07) is 2.09. The zero-order valence-corrected chi connectivity index (χ0v) is 11.0. The fourth-order valence-electron chi connectivity index (χ4n) is 1.60. The molecule has 0 atom stereocenters. The number of oxazole rings is 1. The van der Waals surface area contributed by atoms with Crippen molar-refractivity contribution >= 4 is 11.6 Å². The van der Waals surface area contributed by atoms with Crippen molar-refractivity contribution in [2.24, 2.45) is 0 Å². The fraction of sp³-hybridized carbons (Fsp3) is 0.167. The maximum atomic E-state index is 13.4. The Kier molecular flexibility index (Phi) is 4.17. The minimum Gasteiger partial charge on any atom is -0.423 e. The second-order valence-electron chi connectivity index (χ2n) is 4.22. The van der Waals surface area contributed by atoms with Gasteiger partial charge in [-0.15, -0.1) is 0 Å². The second-order valence-corrected chi connectivity index (χ2v) is 4.22. The SMILES string of the molecule is N#Cc1ncc(C(=O)Nc2cc(F)c(=O)n(CC(F)(F)F)c2)o1. The molecule has 0 bridgehead atoms. The molecule has 0 radical (unpaired) electrons. The third kappa shape index (κ3) is 3.94. The molecule has 120 valence electrons. The van der Waals surface area contributed by atoms with Gasteiger partial charge in [0.15, 0.2) is 11.9 Å². The van der Waals surface area contributed by atoms with E-state index in [1.165, 1.54) is 6.07 Å². The number of amides is 1. The summed E-state index contributed by atoms with van der Waals surface area (Å²) in [7, 11) is 0. The van der Waals surface area contributed by atoms with Gasteiger partial charge in [0.05, 0.1) is 11.9 Å². The Morgan fingerprint density at radius 1 is 1.48 bits per heavy atom. The summed E-state index contributed by atoms with van der Waals surface area (Å²) in [4.78, 5) is 26.5. The molecule has 11 heteroatoms. The number of carbonyl (C=O) groups excluding carboxylic acids is 1. The lowest BCUT2D eigenvalue weighted by Crippen LogP contribution is -2.30. The first kappa shape index (κ1) is 16.2. The maximum Gasteiger partial charge on any atom is 0.406 e. The number of aromatic nitrogens is 2. The maximum absolute atomic E-state index is 13.4. The van der Waals surface area contributed by atoms with E-state index in [0.29, 0.717) is 12.3 Å². The van der Waals surface area contributed by atoms with E-state index in [9.17, 15) is 27.2 Å². The number of anilines is 1. The Labute approximate surface area is 124 Å². The van der Waals surface area contributed by atoms with Crippen LogP contribution in [0.1, 0.15) is 16.4 Å². The quantitative estimate of drug-likeness (QED) is 0.863. The largest absolute Gasteiger partial charge is 0.423 e. The Hall–Kier alpha value is -3.16. The molecule has 0 saturated carbocycles. The van der Waals surface area contributed by atoms with Gasteiger partial charge in [-0.05, 0) is 0 Å². The van der Waals surface area contributed by atoms with Gasteiger partial charge in [-0.1, -0.05) is 0 Å². The van der Waals surface area contributed by atoms with Crippen molar-refractivity contribution in [3.8, 4) is 6.07 Å². The number of pyridine rings is 1. The third-order valence-corrected chi connectivity index (χ3v) is 2.47. The van der Waals surface area contributed by atoms with Crippen LogP contribution in [0.3, 0.4) is 0 Å². The molecule has 0 saturated heterocycles. The van der Waals surface area contributed by atoms with Crippen LogP contribution in [-0.4, -0.2) is 21.6 Å². The zero-order valence-electron chi connectivity index (χ0n) is 11.0. The molecule has 0 spiro atoms. The van der Waals surface area contributed by atoms with Crippen LogP contribution < -0.4 is 10.9 Å². The first-order chi connectivity index (χ1) is 10.7. The zero-order chi connectivity index (χ0) is 17.2. The van der Waals surface area contributed by atoms with Crippen molar-refractivity contribution in [3.05, 3.63) is 46.3 Å². The lowest BCUT2D eigenvalue weighted by atomic mass is 10.3. The number of alkyl halides is 3. The van der Waals surface area contributed by atoms with Gasteiger partial charge in [-0.2, -0.15) is 18.4 Å². The van der Waals surface area contributed by atoms with Crippen molar-refractivity contribution in [2.75, 3.05) is 5.32 Å². The number of halogens is 4. The predicted octanol–water partition coefficient (Wildman–Crippen LogP) is 1.66. The van der Waals surface area contributed by atoms with E-state index in [2.05, 4.69) is 4.98 Å². The van der Waals surface area contributed by atoms with Crippen LogP contribution in [0.25, 0.3) is 0 Å². The van der Waals surface area contributed by atoms with Crippen LogP contribution in [0.2, 0.25) is 0 Å². The summed E-state index contributed by atoms with van der Waals surface area (Å²) >= 11 is 0. The van der Waals surface area contributed by atoms with Crippen LogP contribution in [0.5, 0.6) is 0 Å². The van der Waals surface area contributed by atoms with E-state index in [0.717, 1.165) is 6.20 Å². The Morgan fingerprint density at radius 2 is 2.17 bits per heavy atom. The van der Waals surface area contributed by atoms with Crippen molar-refractivity contribution in [1.29, 1.82) is 5.26 Å². The highest BCUT2D eigenvalue weighted by atomic mass is 19.4. The van der Waals surface area contributed by atoms with Gasteiger partial charge in [0.1, 0.15) is 6.54 Å². The Morgan fingerprint density at radius 3 is 2.74 bits per heavy atom. The fourth-order valence-corrected chi connectivity index (χ4v) is 1.60. The molecule has 0 aliphatic carbocycles. The third-order valence-electron chi connectivity index (χ3n) is 2.47. The molecule has 0 aliphatic rings. The van der Waals surface area contributed by atoms with Gasteiger partial charge in [0.25, 0.3) is 11.5 Å². The highest BCUT2D eigenvalue weighted by Gasteiger charge is 2.29. The van der Waals surface area contributed by atoms with Gasteiger partial charge in [0, 0.05) is 12.3 Å². The summed E-state index contributed by atoms with van der Waals surface area (Å²) < 4.78 is 55.2. The molecule has 0 unspecified atom stereocenters. The lowest BCUT2D eigenvalue weighted by Gasteiger charge is -2.11. The van der Waals surface area contributed by atoms with Gasteiger partial charge in [0.2, 0.25) is 5.76 Å². The van der Waals surface area contributed by atoms with Gasteiger partial charge < -0.3 is 14.3 Å². The Bertz CT molecular complexity index is 847. The molecule has 0 aromatic carbocycles.